The number of ether oxygens (including phenoxy) is 1. The maximum atomic E-state index is 12.1. The van der Waals surface area contributed by atoms with Crippen molar-refractivity contribution in [3.63, 3.8) is 0 Å². The summed E-state index contributed by atoms with van der Waals surface area (Å²) in [6, 6.07) is 8.64. The van der Waals surface area contributed by atoms with Gasteiger partial charge in [0.25, 0.3) is 5.56 Å². The van der Waals surface area contributed by atoms with Crippen LogP contribution in [0.15, 0.2) is 41.3 Å². The molecule has 0 saturated heterocycles. The number of carbonyl (C=O) groups excluding carboxylic acids is 1. The van der Waals surface area contributed by atoms with Gasteiger partial charge in [-0.15, -0.1) is 11.3 Å². The first-order valence-corrected chi connectivity index (χ1v) is 9.07. The fourth-order valence-corrected chi connectivity index (χ4v) is 3.12. The van der Waals surface area contributed by atoms with E-state index in [1.54, 1.807) is 18.3 Å². The number of fused-ring (bicyclic) bond motifs is 1. The lowest BCUT2D eigenvalue weighted by molar-refractivity contribution is -0.123. The minimum atomic E-state index is -0.475. The zero-order valence-corrected chi connectivity index (χ0v) is 16.0. The number of anilines is 1. The highest BCUT2D eigenvalue weighted by Gasteiger charge is 2.21. The van der Waals surface area contributed by atoms with E-state index in [1.807, 2.05) is 39.8 Å². The molecule has 0 saturated carbocycles. The predicted molar refractivity (Wildman–Crippen MR) is 103 cm³/mol. The molecule has 0 unspecified atom stereocenters. The lowest BCUT2D eigenvalue weighted by Gasteiger charge is -2.18. The maximum absolute atomic E-state index is 12.1. The van der Waals surface area contributed by atoms with Gasteiger partial charge < -0.3 is 10.1 Å². The highest BCUT2D eigenvalue weighted by molar-refractivity contribution is 7.16. The van der Waals surface area contributed by atoms with Gasteiger partial charge in [-0.3, -0.25) is 14.0 Å². The molecule has 0 aliphatic rings. The summed E-state index contributed by atoms with van der Waals surface area (Å²) < 4.78 is 7.29. The first-order chi connectivity index (χ1) is 12.2. The third-order valence-corrected chi connectivity index (χ3v) is 4.59. The minimum absolute atomic E-state index is 0.0668. The normalized spacial score (nSPS) is 11.5. The number of aryl methyl sites for hydroxylation is 1. The monoisotopic (exact) mass is 371 g/mol. The summed E-state index contributed by atoms with van der Waals surface area (Å²) in [6.45, 7) is 7.69. The van der Waals surface area contributed by atoms with Gasteiger partial charge >= 0.3 is 0 Å². The fourth-order valence-electron chi connectivity index (χ4n) is 2.27. The number of hydrogen-bond donors (Lipinski definition) is 1. The Balaban J connectivity index is 1.73. The fraction of sp³-hybridized carbons (Fsp3) is 0.316. The Morgan fingerprint density at radius 3 is 2.81 bits per heavy atom. The molecular weight excluding hydrogens is 350 g/mol. The number of hydrogen-bond acceptors (Lipinski definition) is 5. The highest BCUT2D eigenvalue weighted by Crippen LogP contribution is 2.22. The summed E-state index contributed by atoms with van der Waals surface area (Å²) >= 11 is 1.46. The third-order valence-electron chi connectivity index (χ3n) is 3.70. The van der Waals surface area contributed by atoms with Crippen LogP contribution in [0.1, 0.15) is 31.3 Å². The SMILES string of the molecule is Cc1cn2c(=O)cc(COc3cccc(NC(=O)C(C)(C)C)c3)nc2s1. The maximum Gasteiger partial charge on any atom is 0.258 e. The summed E-state index contributed by atoms with van der Waals surface area (Å²) in [5.41, 5.74) is 0.641. The summed E-state index contributed by atoms with van der Waals surface area (Å²) in [5, 5.41) is 2.87. The summed E-state index contributed by atoms with van der Waals surface area (Å²) in [6.07, 6.45) is 1.78. The van der Waals surface area contributed by atoms with Crippen molar-refractivity contribution in [3.05, 3.63) is 57.5 Å². The van der Waals surface area contributed by atoms with Crippen molar-refractivity contribution in [1.29, 1.82) is 0 Å². The Hall–Kier alpha value is -2.67. The van der Waals surface area contributed by atoms with Crippen LogP contribution in [0, 0.1) is 12.3 Å². The molecule has 3 aromatic rings. The number of thiazole rings is 1. The second-order valence-electron chi connectivity index (χ2n) is 7.10. The van der Waals surface area contributed by atoms with Gasteiger partial charge in [-0.25, -0.2) is 4.98 Å². The van der Waals surface area contributed by atoms with E-state index in [0.29, 0.717) is 22.1 Å². The number of aromatic nitrogens is 2. The second-order valence-corrected chi connectivity index (χ2v) is 8.31. The Bertz CT molecular complexity index is 1010. The number of benzene rings is 1. The van der Waals surface area contributed by atoms with E-state index in [0.717, 1.165) is 4.88 Å². The van der Waals surface area contributed by atoms with Gasteiger partial charge in [0.05, 0.1) is 5.69 Å². The van der Waals surface area contributed by atoms with Crippen molar-refractivity contribution in [1.82, 2.24) is 9.38 Å². The number of nitrogens with zero attached hydrogens (tertiary/aromatic N) is 2. The van der Waals surface area contributed by atoms with Crippen LogP contribution in [0.3, 0.4) is 0 Å². The third kappa shape index (κ3) is 4.11. The molecule has 0 fully saturated rings. The molecule has 26 heavy (non-hydrogen) atoms. The van der Waals surface area contributed by atoms with Gasteiger partial charge in [0, 0.05) is 34.3 Å². The lowest BCUT2D eigenvalue weighted by atomic mass is 9.95. The van der Waals surface area contributed by atoms with Crippen molar-refractivity contribution >= 4 is 27.9 Å². The Morgan fingerprint density at radius 1 is 1.31 bits per heavy atom. The largest absolute Gasteiger partial charge is 0.487 e. The molecule has 6 nitrogen and oxygen atoms in total. The zero-order chi connectivity index (χ0) is 18.9. The van der Waals surface area contributed by atoms with Crippen LogP contribution in [0.4, 0.5) is 5.69 Å². The van der Waals surface area contributed by atoms with Gasteiger partial charge in [-0.2, -0.15) is 0 Å². The summed E-state index contributed by atoms with van der Waals surface area (Å²) in [7, 11) is 0. The topological polar surface area (TPSA) is 72.7 Å². The van der Waals surface area contributed by atoms with Crippen molar-refractivity contribution < 1.29 is 9.53 Å². The molecule has 1 aromatic carbocycles. The van der Waals surface area contributed by atoms with Crippen molar-refractivity contribution in [2.45, 2.75) is 34.3 Å². The molecule has 0 aliphatic carbocycles. The van der Waals surface area contributed by atoms with Gasteiger partial charge in [-0.1, -0.05) is 26.8 Å². The molecular formula is C19H21N3O3S. The highest BCUT2D eigenvalue weighted by atomic mass is 32.1. The molecule has 7 heteroatoms. The number of amides is 1. The summed E-state index contributed by atoms with van der Waals surface area (Å²) in [5.74, 6) is 0.531. The van der Waals surface area contributed by atoms with E-state index in [1.165, 1.54) is 21.8 Å². The van der Waals surface area contributed by atoms with E-state index in [-0.39, 0.29) is 18.1 Å². The number of rotatable bonds is 4. The van der Waals surface area contributed by atoms with Gasteiger partial charge in [0.15, 0.2) is 4.96 Å². The molecule has 136 valence electrons. The van der Waals surface area contributed by atoms with Crippen LogP contribution in [-0.4, -0.2) is 15.3 Å². The summed E-state index contributed by atoms with van der Waals surface area (Å²) in [4.78, 5) is 30.3. The molecule has 0 bridgehead atoms. The first-order valence-electron chi connectivity index (χ1n) is 8.25. The molecule has 0 aliphatic heterocycles. The Labute approximate surface area is 155 Å². The van der Waals surface area contributed by atoms with Gasteiger partial charge in [0.2, 0.25) is 5.91 Å². The minimum Gasteiger partial charge on any atom is -0.487 e. The quantitative estimate of drug-likeness (QED) is 0.760. The molecule has 3 rings (SSSR count). The van der Waals surface area contributed by atoms with Crippen molar-refractivity contribution in [2.75, 3.05) is 5.32 Å². The van der Waals surface area contributed by atoms with E-state index < -0.39 is 5.41 Å². The van der Waals surface area contributed by atoms with Crippen LogP contribution in [-0.2, 0) is 11.4 Å². The molecule has 0 atom stereocenters. The molecule has 0 spiro atoms. The Morgan fingerprint density at radius 2 is 2.08 bits per heavy atom. The van der Waals surface area contributed by atoms with Crippen LogP contribution >= 0.6 is 11.3 Å². The smallest absolute Gasteiger partial charge is 0.258 e. The van der Waals surface area contributed by atoms with Crippen molar-refractivity contribution in [3.8, 4) is 5.75 Å². The van der Waals surface area contributed by atoms with E-state index in [2.05, 4.69) is 10.3 Å². The standard InChI is InChI=1S/C19H21N3O3S/c1-12-10-22-16(23)9-14(21-18(22)26-12)11-25-15-7-5-6-13(8-15)20-17(24)19(2,3)4/h5-10H,11H2,1-4H3,(H,20,24). The van der Waals surface area contributed by atoms with E-state index in [4.69, 9.17) is 4.74 Å². The van der Waals surface area contributed by atoms with Crippen LogP contribution < -0.4 is 15.6 Å². The van der Waals surface area contributed by atoms with Gasteiger partial charge in [-0.05, 0) is 19.1 Å². The average Bonchev–Trinajstić information content (AvgIpc) is 2.93. The predicted octanol–water partition coefficient (Wildman–Crippen LogP) is 3.63. The Kier molecular flexibility index (Phi) is 4.82. The van der Waals surface area contributed by atoms with E-state index >= 15 is 0 Å². The molecule has 1 N–H and O–H groups in total. The molecule has 2 aromatic heterocycles. The molecule has 0 radical (unpaired) electrons. The lowest BCUT2D eigenvalue weighted by Crippen LogP contribution is -2.27. The second kappa shape index (κ2) is 6.92. The zero-order valence-electron chi connectivity index (χ0n) is 15.2. The number of carbonyl (C=O) groups is 1. The van der Waals surface area contributed by atoms with E-state index in [9.17, 15) is 9.59 Å². The number of nitrogens with one attached hydrogen (secondary N) is 1. The van der Waals surface area contributed by atoms with Gasteiger partial charge in [0.1, 0.15) is 12.4 Å². The van der Waals surface area contributed by atoms with Crippen LogP contribution in [0.25, 0.3) is 4.96 Å². The average molecular weight is 371 g/mol. The van der Waals surface area contributed by atoms with Crippen LogP contribution in [0.5, 0.6) is 5.75 Å². The van der Waals surface area contributed by atoms with Crippen LogP contribution in [0.2, 0.25) is 0 Å². The molecule has 2 heterocycles. The van der Waals surface area contributed by atoms with Crippen molar-refractivity contribution in [2.24, 2.45) is 5.41 Å². The molecule has 1 amide bonds. The first kappa shape index (κ1) is 18.1.